The number of aryl methyl sites for hydroxylation is 2. The largest absolute Gasteiger partial charge is 0.497 e. The molecule has 0 spiro atoms. The van der Waals surface area contributed by atoms with Crippen molar-refractivity contribution in [3.63, 3.8) is 0 Å². The van der Waals surface area contributed by atoms with Gasteiger partial charge in [0.15, 0.2) is 6.61 Å². The first-order valence-corrected chi connectivity index (χ1v) is 8.76. The lowest BCUT2D eigenvalue weighted by molar-refractivity contribution is -0.146. The maximum absolute atomic E-state index is 12.2. The van der Waals surface area contributed by atoms with Gasteiger partial charge in [0.2, 0.25) is 0 Å². The molecule has 1 N–H and O–H groups in total. The molecule has 2 aromatic rings. The number of nitrogens with one attached hydrogen (secondary N) is 1. The van der Waals surface area contributed by atoms with Crippen molar-refractivity contribution in [1.29, 1.82) is 0 Å². The average Bonchev–Trinajstić information content (AvgIpc) is 2.66. The monoisotopic (exact) mass is 355 g/mol. The summed E-state index contributed by atoms with van der Waals surface area (Å²) in [6.07, 6.45) is 1.73. The first-order valence-electron chi connectivity index (χ1n) is 8.76. The fraction of sp³-hybridized carbons (Fsp3) is 0.333. The van der Waals surface area contributed by atoms with Crippen LogP contribution in [0.4, 0.5) is 5.69 Å². The van der Waals surface area contributed by atoms with Crippen LogP contribution in [0.15, 0.2) is 42.5 Å². The summed E-state index contributed by atoms with van der Waals surface area (Å²) < 4.78 is 10.2. The normalized spacial score (nSPS) is 10.3. The molecule has 0 aliphatic carbocycles. The minimum Gasteiger partial charge on any atom is -0.497 e. The number of carbonyl (C=O) groups excluding carboxylic acids is 2. The van der Waals surface area contributed by atoms with Crippen LogP contribution in [0.2, 0.25) is 0 Å². The maximum atomic E-state index is 12.2. The molecule has 0 saturated carbocycles. The van der Waals surface area contributed by atoms with Gasteiger partial charge in [-0.3, -0.25) is 9.59 Å². The summed E-state index contributed by atoms with van der Waals surface area (Å²) in [5.74, 6) is -0.108. The summed E-state index contributed by atoms with van der Waals surface area (Å²) in [5, 5.41) is 2.88. The number of rotatable bonds is 8. The molecule has 0 aliphatic rings. The molecule has 0 radical (unpaired) electrons. The number of carbonyl (C=O) groups is 2. The Labute approximate surface area is 154 Å². The van der Waals surface area contributed by atoms with Crippen LogP contribution in [0.5, 0.6) is 5.75 Å². The number of methoxy groups -OCH3 is 1. The van der Waals surface area contributed by atoms with Crippen molar-refractivity contribution in [2.45, 2.75) is 33.1 Å². The van der Waals surface area contributed by atoms with Crippen LogP contribution in [0.25, 0.3) is 0 Å². The molecule has 2 aromatic carbocycles. The van der Waals surface area contributed by atoms with Crippen LogP contribution in [0.3, 0.4) is 0 Å². The SMILES string of the molecule is CCc1cccc(CC)c1NC(=O)COC(=O)Cc1cccc(OC)c1. The summed E-state index contributed by atoms with van der Waals surface area (Å²) in [5.41, 5.74) is 3.74. The highest BCUT2D eigenvalue weighted by atomic mass is 16.5. The number of esters is 1. The van der Waals surface area contributed by atoms with E-state index in [4.69, 9.17) is 9.47 Å². The minimum absolute atomic E-state index is 0.0935. The third-order valence-electron chi connectivity index (χ3n) is 4.11. The highest BCUT2D eigenvalue weighted by Crippen LogP contribution is 2.22. The molecule has 1 amide bonds. The molecule has 0 atom stereocenters. The third-order valence-corrected chi connectivity index (χ3v) is 4.11. The van der Waals surface area contributed by atoms with Gasteiger partial charge in [-0.2, -0.15) is 0 Å². The van der Waals surface area contributed by atoms with Crippen molar-refractivity contribution in [1.82, 2.24) is 0 Å². The Morgan fingerprint density at radius 2 is 1.65 bits per heavy atom. The van der Waals surface area contributed by atoms with E-state index in [1.54, 1.807) is 19.2 Å². The first kappa shape index (κ1) is 19.5. The molecule has 5 heteroatoms. The van der Waals surface area contributed by atoms with E-state index >= 15 is 0 Å². The lowest BCUT2D eigenvalue weighted by Gasteiger charge is -2.14. The predicted octanol–water partition coefficient (Wildman–Crippen LogP) is 3.54. The Kier molecular flexibility index (Phi) is 7.21. The van der Waals surface area contributed by atoms with Gasteiger partial charge in [-0.05, 0) is 41.7 Å². The molecular weight excluding hydrogens is 330 g/mol. The van der Waals surface area contributed by atoms with Gasteiger partial charge >= 0.3 is 5.97 Å². The number of hydrogen-bond acceptors (Lipinski definition) is 4. The Balaban J connectivity index is 1.91. The van der Waals surface area contributed by atoms with E-state index in [0.29, 0.717) is 5.75 Å². The van der Waals surface area contributed by atoms with Gasteiger partial charge in [0, 0.05) is 5.69 Å². The molecule has 2 rings (SSSR count). The van der Waals surface area contributed by atoms with Gasteiger partial charge in [0.05, 0.1) is 13.5 Å². The summed E-state index contributed by atoms with van der Waals surface area (Å²) in [6.45, 7) is 3.78. The molecule has 0 unspecified atom stereocenters. The van der Waals surface area contributed by atoms with Crippen LogP contribution in [0.1, 0.15) is 30.5 Å². The highest BCUT2D eigenvalue weighted by molar-refractivity contribution is 5.94. The van der Waals surface area contributed by atoms with E-state index in [-0.39, 0.29) is 18.9 Å². The molecule has 0 fully saturated rings. The van der Waals surface area contributed by atoms with Crippen molar-refractivity contribution in [2.75, 3.05) is 19.0 Å². The van der Waals surface area contributed by atoms with Crippen LogP contribution in [-0.2, 0) is 33.6 Å². The fourth-order valence-corrected chi connectivity index (χ4v) is 2.72. The average molecular weight is 355 g/mol. The summed E-state index contributed by atoms with van der Waals surface area (Å²) >= 11 is 0. The number of para-hydroxylation sites is 1. The summed E-state index contributed by atoms with van der Waals surface area (Å²) in [6, 6.07) is 13.2. The topological polar surface area (TPSA) is 64.6 Å². The van der Waals surface area contributed by atoms with Crippen LogP contribution < -0.4 is 10.1 Å². The van der Waals surface area contributed by atoms with Gasteiger partial charge < -0.3 is 14.8 Å². The van der Waals surface area contributed by atoms with E-state index < -0.39 is 5.97 Å². The van der Waals surface area contributed by atoms with Crippen molar-refractivity contribution in [3.8, 4) is 5.75 Å². The zero-order chi connectivity index (χ0) is 18.9. The van der Waals surface area contributed by atoms with Crippen molar-refractivity contribution >= 4 is 17.6 Å². The molecule has 0 saturated heterocycles. The summed E-state index contributed by atoms with van der Waals surface area (Å²) in [4.78, 5) is 24.2. The van der Waals surface area contributed by atoms with E-state index in [9.17, 15) is 9.59 Å². The van der Waals surface area contributed by atoms with Crippen LogP contribution in [-0.4, -0.2) is 25.6 Å². The molecule has 5 nitrogen and oxygen atoms in total. The zero-order valence-electron chi connectivity index (χ0n) is 15.5. The van der Waals surface area contributed by atoms with Crippen molar-refractivity contribution in [3.05, 3.63) is 59.2 Å². The summed E-state index contributed by atoms with van der Waals surface area (Å²) in [7, 11) is 1.57. The molecular formula is C21H25NO4. The molecule has 138 valence electrons. The second-order valence-corrected chi connectivity index (χ2v) is 5.90. The van der Waals surface area contributed by atoms with Gasteiger partial charge in [-0.25, -0.2) is 0 Å². The smallest absolute Gasteiger partial charge is 0.310 e. The van der Waals surface area contributed by atoms with Crippen LogP contribution >= 0.6 is 0 Å². The fourth-order valence-electron chi connectivity index (χ4n) is 2.72. The zero-order valence-corrected chi connectivity index (χ0v) is 15.5. The molecule has 0 aromatic heterocycles. The standard InChI is InChI=1S/C21H25NO4/c1-4-16-9-7-10-17(5-2)21(16)22-19(23)14-26-20(24)13-15-8-6-11-18(12-15)25-3/h6-12H,4-5,13-14H2,1-3H3,(H,22,23). The Morgan fingerprint density at radius 3 is 2.27 bits per heavy atom. The maximum Gasteiger partial charge on any atom is 0.310 e. The van der Waals surface area contributed by atoms with E-state index in [1.807, 2.05) is 44.2 Å². The third kappa shape index (κ3) is 5.34. The lowest BCUT2D eigenvalue weighted by Crippen LogP contribution is -2.23. The molecule has 0 heterocycles. The first-order chi connectivity index (χ1) is 12.6. The highest BCUT2D eigenvalue weighted by Gasteiger charge is 2.13. The van der Waals surface area contributed by atoms with E-state index in [0.717, 1.165) is 35.2 Å². The van der Waals surface area contributed by atoms with E-state index in [2.05, 4.69) is 5.32 Å². The minimum atomic E-state index is -0.451. The Bertz CT molecular complexity index is 748. The number of amides is 1. The lowest BCUT2D eigenvalue weighted by atomic mass is 10.0. The number of anilines is 1. The second kappa shape index (κ2) is 9.61. The van der Waals surface area contributed by atoms with Crippen molar-refractivity contribution < 1.29 is 19.1 Å². The second-order valence-electron chi connectivity index (χ2n) is 5.90. The molecule has 26 heavy (non-hydrogen) atoms. The number of ether oxygens (including phenoxy) is 2. The predicted molar refractivity (Wildman–Crippen MR) is 101 cm³/mol. The van der Waals surface area contributed by atoms with E-state index in [1.165, 1.54) is 0 Å². The van der Waals surface area contributed by atoms with Gasteiger partial charge in [0.1, 0.15) is 5.75 Å². The number of benzene rings is 2. The van der Waals surface area contributed by atoms with Crippen LogP contribution in [0, 0.1) is 0 Å². The molecule has 0 bridgehead atoms. The number of hydrogen-bond donors (Lipinski definition) is 1. The quantitative estimate of drug-likeness (QED) is 0.736. The van der Waals surface area contributed by atoms with Gasteiger partial charge in [0.25, 0.3) is 5.91 Å². The molecule has 0 aliphatic heterocycles. The Hall–Kier alpha value is -2.82. The Morgan fingerprint density at radius 1 is 1.00 bits per heavy atom. The van der Waals surface area contributed by atoms with Gasteiger partial charge in [-0.1, -0.05) is 44.2 Å². The van der Waals surface area contributed by atoms with Crippen molar-refractivity contribution in [2.24, 2.45) is 0 Å². The van der Waals surface area contributed by atoms with Gasteiger partial charge in [-0.15, -0.1) is 0 Å².